The van der Waals surface area contributed by atoms with E-state index in [0.717, 1.165) is 18.7 Å². The van der Waals surface area contributed by atoms with Crippen molar-refractivity contribution >= 4 is 23.4 Å². The van der Waals surface area contributed by atoms with Gasteiger partial charge in [-0.3, -0.25) is 9.59 Å². The molecule has 0 bridgehead atoms. The van der Waals surface area contributed by atoms with Crippen LogP contribution in [0.25, 0.3) is 0 Å². The average Bonchev–Trinajstić information content (AvgIpc) is 3.43. The summed E-state index contributed by atoms with van der Waals surface area (Å²) >= 11 is 5.97. The van der Waals surface area contributed by atoms with Crippen LogP contribution in [0.2, 0.25) is 5.02 Å². The molecular formula is C18H19ClN4O2. The lowest BCUT2D eigenvalue weighted by Crippen LogP contribution is -2.35. The Morgan fingerprint density at radius 3 is 2.36 bits per heavy atom. The minimum Gasteiger partial charge on any atom is -0.350 e. The molecule has 0 spiro atoms. The van der Waals surface area contributed by atoms with E-state index in [0.29, 0.717) is 40.9 Å². The lowest BCUT2D eigenvalue weighted by Gasteiger charge is -2.09. The van der Waals surface area contributed by atoms with Crippen molar-refractivity contribution in [2.75, 3.05) is 13.1 Å². The number of rotatable bonds is 6. The molecule has 6 nitrogen and oxygen atoms in total. The Balaban J connectivity index is 1.48. The van der Waals surface area contributed by atoms with Gasteiger partial charge in [0.25, 0.3) is 11.8 Å². The molecule has 2 aromatic rings. The van der Waals surface area contributed by atoms with Crippen molar-refractivity contribution in [3.8, 4) is 0 Å². The standard InChI is InChI=1S/C18H19ClN4O2/c1-11-14(10-22-16(23-11)12-6-7-12)18(25)21-9-8-20-17(24)13-4-2-3-5-15(13)19/h2-5,10,12H,6-9H2,1H3,(H,20,24)(H,21,25). The second kappa shape index (κ2) is 7.61. The lowest BCUT2D eigenvalue weighted by atomic mass is 10.2. The second-order valence-electron chi connectivity index (χ2n) is 5.99. The molecular weight excluding hydrogens is 340 g/mol. The maximum atomic E-state index is 12.2. The van der Waals surface area contributed by atoms with Crippen LogP contribution in [0.4, 0.5) is 0 Å². The van der Waals surface area contributed by atoms with Crippen molar-refractivity contribution in [1.29, 1.82) is 0 Å². The van der Waals surface area contributed by atoms with Crippen LogP contribution in [0.15, 0.2) is 30.5 Å². The molecule has 1 aliphatic rings. The Kier molecular flexibility index (Phi) is 5.28. The second-order valence-corrected chi connectivity index (χ2v) is 6.40. The third-order valence-electron chi connectivity index (χ3n) is 4.00. The summed E-state index contributed by atoms with van der Waals surface area (Å²) in [6.07, 6.45) is 3.82. The molecule has 130 valence electrons. The van der Waals surface area contributed by atoms with E-state index in [-0.39, 0.29) is 11.8 Å². The summed E-state index contributed by atoms with van der Waals surface area (Å²) < 4.78 is 0. The fourth-order valence-corrected chi connectivity index (χ4v) is 2.66. The molecule has 0 aliphatic heterocycles. The van der Waals surface area contributed by atoms with Gasteiger partial charge in [0.2, 0.25) is 0 Å². The van der Waals surface area contributed by atoms with Crippen molar-refractivity contribution in [3.63, 3.8) is 0 Å². The SMILES string of the molecule is Cc1nc(C2CC2)ncc1C(=O)NCCNC(=O)c1ccccc1Cl. The van der Waals surface area contributed by atoms with Crippen molar-refractivity contribution < 1.29 is 9.59 Å². The monoisotopic (exact) mass is 358 g/mol. The van der Waals surface area contributed by atoms with Crippen LogP contribution in [0.5, 0.6) is 0 Å². The van der Waals surface area contributed by atoms with Gasteiger partial charge in [-0.25, -0.2) is 9.97 Å². The number of aryl methyl sites for hydroxylation is 1. The van der Waals surface area contributed by atoms with Crippen LogP contribution in [0, 0.1) is 6.92 Å². The van der Waals surface area contributed by atoms with Crippen LogP contribution in [0.3, 0.4) is 0 Å². The predicted molar refractivity (Wildman–Crippen MR) is 94.9 cm³/mol. The third-order valence-corrected chi connectivity index (χ3v) is 4.33. The number of hydrogen-bond donors (Lipinski definition) is 2. The number of hydrogen-bond acceptors (Lipinski definition) is 4. The zero-order chi connectivity index (χ0) is 17.8. The molecule has 2 N–H and O–H groups in total. The fourth-order valence-electron chi connectivity index (χ4n) is 2.43. The van der Waals surface area contributed by atoms with E-state index >= 15 is 0 Å². The summed E-state index contributed by atoms with van der Waals surface area (Å²) in [5.74, 6) is 0.761. The quantitative estimate of drug-likeness (QED) is 0.777. The van der Waals surface area contributed by atoms with Gasteiger partial charge >= 0.3 is 0 Å². The Bertz CT molecular complexity index is 805. The van der Waals surface area contributed by atoms with E-state index in [1.165, 1.54) is 0 Å². The fraction of sp³-hybridized carbons (Fsp3) is 0.333. The van der Waals surface area contributed by atoms with Crippen LogP contribution in [-0.2, 0) is 0 Å². The highest BCUT2D eigenvalue weighted by Gasteiger charge is 2.27. The van der Waals surface area contributed by atoms with Crippen molar-refractivity contribution in [3.05, 3.63) is 58.1 Å². The van der Waals surface area contributed by atoms with Gasteiger partial charge in [0, 0.05) is 25.2 Å². The first-order valence-corrected chi connectivity index (χ1v) is 8.58. The van der Waals surface area contributed by atoms with E-state index in [1.807, 2.05) is 6.92 Å². The van der Waals surface area contributed by atoms with Gasteiger partial charge in [0.1, 0.15) is 5.82 Å². The van der Waals surface area contributed by atoms with Crippen molar-refractivity contribution in [1.82, 2.24) is 20.6 Å². The normalized spacial score (nSPS) is 13.4. The number of halogens is 1. The molecule has 1 aliphatic carbocycles. The van der Waals surface area contributed by atoms with Gasteiger partial charge in [0.05, 0.1) is 21.8 Å². The highest BCUT2D eigenvalue weighted by atomic mass is 35.5. The summed E-state index contributed by atoms with van der Waals surface area (Å²) in [5, 5.41) is 5.88. The Morgan fingerprint density at radius 1 is 1.12 bits per heavy atom. The largest absolute Gasteiger partial charge is 0.350 e. The number of nitrogens with one attached hydrogen (secondary N) is 2. The Hall–Kier alpha value is -2.47. The zero-order valence-electron chi connectivity index (χ0n) is 13.9. The summed E-state index contributed by atoms with van der Waals surface area (Å²) in [5.41, 5.74) is 1.55. The van der Waals surface area contributed by atoms with E-state index in [9.17, 15) is 9.59 Å². The van der Waals surface area contributed by atoms with Crippen LogP contribution in [0.1, 0.15) is 51.0 Å². The molecule has 0 radical (unpaired) electrons. The first kappa shape index (κ1) is 17.4. The molecule has 1 fully saturated rings. The number of nitrogens with zero attached hydrogens (tertiary/aromatic N) is 2. The molecule has 0 atom stereocenters. The zero-order valence-corrected chi connectivity index (χ0v) is 14.6. The molecule has 2 amide bonds. The van der Waals surface area contributed by atoms with Gasteiger partial charge in [-0.15, -0.1) is 0 Å². The minimum atomic E-state index is -0.270. The topological polar surface area (TPSA) is 84.0 Å². The lowest BCUT2D eigenvalue weighted by molar-refractivity contribution is 0.0927. The summed E-state index contributed by atoms with van der Waals surface area (Å²) in [6, 6.07) is 6.82. The van der Waals surface area contributed by atoms with E-state index < -0.39 is 0 Å². The molecule has 1 saturated carbocycles. The summed E-state index contributed by atoms with van der Waals surface area (Å²) in [6.45, 7) is 2.41. The van der Waals surface area contributed by atoms with Crippen molar-refractivity contribution in [2.45, 2.75) is 25.7 Å². The molecule has 0 unspecified atom stereocenters. The van der Waals surface area contributed by atoms with Gasteiger partial charge in [-0.1, -0.05) is 23.7 Å². The molecule has 3 rings (SSSR count). The Morgan fingerprint density at radius 2 is 1.76 bits per heavy atom. The Labute approximate surface area is 151 Å². The van der Waals surface area contributed by atoms with Gasteiger partial charge in [-0.05, 0) is 31.9 Å². The first-order valence-electron chi connectivity index (χ1n) is 8.20. The number of benzene rings is 1. The highest BCUT2D eigenvalue weighted by Crippen LogP contribution is 2.37. The molecule has 1 aromatic carbocycles. The van der Waals surface area contributed by atoms with Crippen molar-refractivity contribution in [2.24, 2.45) is 0 Å². The maximum Gasteiger partial charge on any atom is 0.254 e. The molecule has 7 heteroatoms. The molecule has 25 heavy (non-hydrogen) atoms. The van der Waals surface area contributed by atoms with Crippen LogP contribution >= 0.6 is 11.6 Å². The first-order chi connectivity index (χ1) is 12.1. The highest BCUT2D eigenvalue weighted by molar-refractivity contribution is 6.33. The number of carbonyl (C=O) groups is 2. The van der Waals surface area contributed by atoms with E-state index in [2.05, 4.69) is 20.6 Å². The smallest absolute Gasteiger partial charge is 0.254 e. The average molecular weight is 359 g/mol. The molecule has 1 heterocycles. The third kappa shape index (κ3) is 4.33. The van der Waals surface area contributed by atoms with Crippen LogP contribution < -0.4 is 10.6 Å². The van der Waals surface area contributed by atoms with Gasteiger partial charge in [0.15, 0.2) is 0 Å². The molecule has 0 saturated heterocycles. The maximum absolute atomic E-state index is 12.2. The summed E-state index contributed by atoms with van der Waals surface area (Å²) in [7, 11) is 0. The van der Waals surface area contributed by atoms with Gasteiger partial charge in [-0.2, -0.15) is 0 Å². The summed E-state index contributed by atoms with van der Waals surface area (Å²) in [4.78, 5) is 32.9. The number of amides is 2. The van der Waals surface area contributed by atoms with E-state index in [1.54, 1.807) is 30.5 Å². The number of aromatic nitrogens is 2. The predicted octanol–water partition coefficient (Wildman–Crippen LogP) is 2.48. The number of carbonyl (C=O) groups excluding carboxylic acids is 2. The van der Waals surface area contributed by atoms with E-state index in [4.69, 9.17) is 11.6 Å². The minimum absolute atomic E-state index is 0.244. The molecule has 1 aromatic heterocycles. The van der Waals surface area contributed by atoms with Crippen LogP contribution in [-0.4, -0.2) is 34.9 Å². The van der Waals surface area contributed by atoms with Gasteiger partial charge < -0.3 is 10.6 Å².